The van der Waals surface area contributed by atoms with Crippen LogP contribution in [0.4, 0.5) is 0 Å². The molecule has 212 valence electrons. The van der Waals surface area contributed by atoms with Gasteiger partial charge >= 0.3 is 0 Å². The summed E-state index contributed by atoms with van der Waals surface area (Å²) in [6, 6.07) is 31.6. The molecule has 0 spiro atoms. The Hall–Kier alpha value is -4.50. The molecule has 0 bridgehead atoms. The fourth-order valence-corrected chi connectivity index (χ4v) is 7.29. The second-order valence-electron chi connectivity index (χ2n) is 14.8. The van der Waals surface area contributed by atoms with Crippen LogP contribution in [0.1, 0.15) is 52.7 Å². The van der Waals surface area contributed by atoms with Crippen molar-refractivity contribution in [3.8, 4) is 11.1 Å². The number of benzene rings is 5. The van der Waals surface area contributed by atoms with Crippen molar-refractivity contribution in [3.05, 3.63) is 102 Å². The van der Waals surface area contributed by atoms with E-state index >= 15 is 0 Å². The Morgan fingerprint density at radius 2 is 1.37 bits per heavy atom. The number of fused-ring (bicyclic) bond motifs is 7. The summed E-state index contributed by atoms with van der Waals surface area (Å²) in [4.78, 5) is 9.75. The second kappa shape index (κ2) is 9.00. The van der Waals surface area contributed by atoms with Crippen LogP contribution in [0, 0.1) is 10.8 Å². The molecule has 0 aliphatic heterocycles. The van der Waals surface area contributed by atoms with Crippen molar-refractivity contribution < 1.29 is 0 Å². The van der Waals surface area contributed by atoms with Crippen LogP contribution < -0.4 is 0 Å². The number of hydrogen-bond acceptors (Lipinski definition) is 2. The van der Waals surface area contributed by atoms with Crippen LogP contribution in [0.2, 0.25) is 0 Å². The zero-order chi connectivity index (χ0) is 29.7. The summed E-state index contributed by atoms with van der Waals surface area (Å²) in [6.07, 6.45) is 3.75. The molecule has 43 heavy (non-hydrogen) atoms. The summed E-state index contributed by atoms with van der Waals surface area (Å²) in [7, 11) is 0. The number of rotatable bonds is 3. The molecule has 0 saturated heterocycles. The van der Waals surface area contributed by atoms with Crippen LogP contribution in [0.3, 0.4) is 0 Å². The lowest BCUT2D eigenvalue weighted by Crippen LogP contribution is -2.12. The minimum atomic E-state index is 0.104. The van der Waals surface area contributed by atoms with Gasteiger partial charge in [-0.1, -0.05) is 96.1 Å². The van der Waals surface area contributed by atoms with E-state index in [1.54, 1.807) is 6.33 Å². The topological polar surface area (TPSA) is 30.2 Å². The molecular weight excluding hydrogens is 522 g/mol. The van der Waals surface area contributed by atoms with Crippen LogP contribution in [-0.4, -0.2) is 14.4 Å². The minimum Gasteiger partial charge on any atom is -0.307 e. The first-order valence-electron chi connectivity index (χ1n) is 15.4. The summed E-state index contributed by atoms with van der Waals surface area (Å²) < 4.78 is 2.54. The molecule has 0 atom stereocenters. The molecule has 0 saturated carbocycles. The van der Waals surface area contributed by atoms with E-state index in [4.69, 9.17) is 9.97 Å². The van der Waals surface area contributed by atoms with Crippen molar-refractivity contribution in [1.82, 2.24) is 14.4 Å². The number of aromatic nitrogens is 3. The number of hydrogen-bond donors (Lipinski definition) is 0. The van der Waals surface area contributed by atoms with Crippen LogP contribution in [-0.2, 0) is 12.8 Å². The van der Waals surface area contributed by atoms with Gasteiger partial charge < -0.3 is 4.40 Å². The lowest BCUT2D eigenvalue weighted by atomic mass is 9.83. The molecule has 3 heterocycles. The Bertz CT molecular complexity index is 2350. The first-order valence-corrected chi connectivity index (χ1v) is 15.4. The Kier molecular flexibility index (Phi) is 5.47. The Morgan fingerprint density at radius 1 is 0.605 bits per heavy atom. The third-order valence-electron chi connectivity index (χ3n) is 8.84. The van der Waals surface area contributed by atoms with Gasteiger partial charge in [0.25, 0.3) is 0 Å². The molecule has 3 nitrogen and oxygen atoms in total. The number of pyridine rings is 1. The van der Waals surface area contributed by atoms with Crippen molar-refractivity contribution in [3.63, 3.8) is 0 Å². The fourth-order valence-electron chi connectivity index (χ4n) is 7.29. The molecule has 0 fully saturated rings. The Labute approximate surface area is 252 Å². The fraction of sp³-hybridized carbons (Fsp3) is 0.250. The molecule has 3 heteroatoms. The van der Waals surface area contributed by atoms with Crippen molar-refractivity contribution in [1.29, 1.82) is 0 Å². The molecule has 8 rings (SSSR count). The van der Waals surface area contributed by atoms with Crippen LogP contribution >= 0.6 is 0 Å². The van der Waals surface area contributed by atoms with Gasteiger partial charge in [-0.05, 0) is 87.0 Å². The summed E-state index contributed by atoms with van der Waals surface area (Å²) in [5.74, 6) is 0. The highest BCUT2D eigenvalue weighted by Gasteiger charge is 2.25. The highest BCUT2D eigenvalue weighted by Crippen LogP contribution is 2.44. The number of nitrogens with zero attached hydrogens (tertiary/aromatic N) is 3. The van der Waals surface area contributed by atoms with Gasteiger partial charge in [0, 0.05) is 16.2 Å². The Morgan fingerprint density at radius 3 is 2.14 bits per heavy atom. The molecule has 8 aromatic rings. The SMILES string of the molecule is CC(C)(C)Cc1ccc2c(CC(C)(C)C)c3c(cc2c1)c1ncnc2ccc4c5cc(-c6ccccc6)ccc5n3c4c21. The van der Waals surface area contributed by atoms with Crippen LogP contribution in [0.15, 0.2) is 91.3 Å². The zero-order valence-electron chi connectivity index (χ0n) is 25.9. The van der Waals surface area contributed by atoms with E-state index in [-0.39, 0.29) is 10.8 Å². The highest BCUT2D eigenvalue weighted by molar-refractivity contribution is 6.28. The quantitative estimate of drug-likeness (QED) is 0.159. The molecule has 0 unspecified atom stereocenters. The molecular formula is C40H37N3. The first kappa shape index (κ1) is 26.2. The zero-order valence-corrected chi connectivity index (χ0v) is 25.9. The van der Waals surface area contributed by atoms with Gasteiger partial charge in [-0.3, -0.25) is 0 Å². The molecule has 0 aliphatic carbocycles. The van der Waals surface area contributed by atoms with Gasteiger partial charge in [-0.25, -0.2) is 9.97 Å². The maximum Gasteiger partial charge on any atom is 0.116 e. The van der Waals surface area contributed by atoms with E-state index in [1.165, 1.54) is 65.7 Å². The molecule has 3 aromatic heterocycles. The van der Waals surface area contributed by atoms with E-state index in [0.717, 1.165) is 29.3 Å². The average molecular weight is 560 g/mol. The second-order valence-corrected chi connectivity index (χ2v) is 14.8. The standard InChI is InChI=1S/C40H37N3/c1-39(2,3)21-24-12-14-28-27(18-24)20-31-36-35-33(41-23-42-36)16-15-29-30-19-26(25-10-8-7-9-11-25)13-17-34(30)43(38(29)35)37(31)32(28)22-40(4,5)6/h7-20,23H,21-22H2,1-6H3. The van der Waals surface area contributed by atoms with Crippen LogP contribution in [0.5, 0.6) is 0 Å². The summed E-state index contributed by atoms with van der Waals surface area (Å²) in [6.45, 7) is 14.0. The molecule has 0 radical (unpaired) electrons. The first-order chi connectivity index (χ1) is 20.6. The van der Waals surface area contributed by atoms with E-state index in [1.807, 2.05) is 0 Å². The van der Waals surface area contributed by atoms with Crippen LogP contribution in [0.25, 0.3) is 71.0 Å². The minimum absolute atomic E-state index is 0.104. The van der Waals surface area contributed by atoms with Gasteiger partial charge in [-0.2, -0.15) is 0 Å². The average Bonchev–Trinajstić information content (AvgIpc) is 3.29. The lowest BCUT2D eigenvalue weighted by Gasteiger charge is -2.24. The predicted octanol–water partition coefficient (Wildman–Crippen LogP) is 10.8. The van der Waals surface area contributed by atoms with Crippen molar-refractivity contribution in [2.24, 2.45) is 10.8 Å². The summed E-state index contributed by atoms with van der Waals surface area (Å²) in [5.41, 5.74) is 11.3. The van der Waals surface area contributed by atoms with Crippen molar-refractivity contribution >= 4 is 59.9 Å². The van der Waals surface area contributed by atoms with Crippen molar-refractivity contribution in [2.45, 2.75) is 54.4 Å². The maximum absolute atomic E-state index is 5.00. The van der Waals surface area contributed by atoms with Gasteiger partial charge in [0.15, 0.2) is 0 Å². The maximum atomic E-state index is 5.00. The van der Waals surface area contributed by atoms with Gasteiger partial charge in [0.2, 0.25) is 0 Å². The van der Waals surface area contributed by atoms with Crippen molar-refractivity contribution in [2.75, 3.05) is 0 Å². The smallest absolute Gasteiger partial charge is 0.116 e. The third kappa shape index (κ3) is 4.17. The summed E-state index contributed by atoms with van der Waals surface area (Å²) >= 11 is 0. The van der Waals surface area contributed by atoms with Gasteiger partial charge in [0.05, 0.1) is 33.0 Å². The normalized spacial score (nSPS) is 13.1. The molecule has 0 aliphatic rings. The van der Waals surface area contributed by atoms with Gasteiger partial charge in [-0.15, -0.1) is 0 Å². The van der Waals surface area contributed by atoms with E-state index in [2.05, 4.69) is 131 Å². The molecule has 5 aromatic carbocycles. The predicted molar refractivity (Wildman–Crippen MR) is 183 cm³/mol. The largest absolute Gasteiger partial charge is 0.307 e. The van der Waals surface area contributed by atoms with E-state index in [9.17, 15) is 0 Å². The molecule has 0 N–H and O–H groups in total. The third-order valence-corrected chi connectivity index (χ3v) is 8.84. The van der Waals surface area contributed by atoms with E-state index in [0.29, 0.717) is 0 Å². The Balaban J connectivity index is 1.58. The lowest BCUT2D eigenvalue weighted by molar-refractivity contribution is 0.411. The monoisotopic (exact) mass is 559 g/mol. The molecule has 0 amide bonds. The van der Waals surface area contributed by atoms with Gasteiger partial charge in [0.1, 0.15) is 6.33 Å². The summed E-state index contributed by atoms with van der Waals surface area (Å²) in [5, 5.41) is 7.51. The highest BCUT2D eigenvalue weighted by atomic mass is 14.9. The van der Waals surface area contributed by atoms with E-state index < -0.39 is 0 Å².